The molecule has 0 radical (unpaired) electrons. The molecule has 4 heterocycles. The van der Waals surface area contributed by atoms with Crippen LogP contribution < -0.4 is 15.0 Å². The van der Waals surface area contributed by atoms with Gasteiger partial charge in [-0.3, -0.25) is 0 Å². The number of anilines is 3. The fraction of sp³-hybridized carbons (Fsp3) is 0.423. The van der Waals surface area contributed by atoms with E-state index >= 15 is 0 Å². The molecule has 1 aromatic carbocycles. The molecule has 10 nitrogen and oxygen atoms in total. The minimum Gasteiger partial charge on any atom is -0.491 e. The van der Waals surface area contributed by atoms with Crippen LogP contribution in [0, 0.1) is 0 Å². The zero-order chi connectivity index (χ0) is 26.0. The van der Waals surface area contributed by atoms with Crippen LogP contribution in [-0.2, 0) is 6.54 Å². The largest absolute Gasteiger partial charge is 0.491 e. The first kappa shape index (κ1) is 24.8. The molecule has 5 rings (SSSR count). The summed E-state index contributed by atoms with van der Waals surface area (Å²) in [6.45, 7) is 7.39. The van der Waals surface area contributed by atoms with Crippen LogP contribution in [0.25, 0.3) is 10.8 Å². The number of nitrogens with zero attached hydrogens (tertiary/aromatic N) is 7. The van der Waals surface area contributed by atoms with E-state index in [9.17, 15) is 9.50 Å². The van der Waals surface area contributed by atoms with Crippen molar-refractivity contribution in [2.75, 3.05) is 29.9 Å². The molecule has 0 bridgehead atoms. The van der Waals surface area contributed by atoms with Crippen molar-refractivity contribution < 1.29 is 14.2 Å². The topological polar surface area (TPSA) is 114 Å². The Bertz CT molecular complexity index is 1360. The molecule has 0 saturated carbocycles. The molecule has 0 unspecified atom stereocenters. The van der Waals surface area contributed by atoms with E-state index in [1.54, 1.807) is 40.4 Å². The number of hydrogen-bond acceptors (Lipinski definition) is 9. The third kappa shape index (κ3) is 5.46. The lowest BCUT2D eigenvalue weighted by molar-refractivity contribution is -0.0332. The number of fused-ring (bicyclic) bond motifs is 1. The van der Waals surface area contributed by atoms with Gasteiger partial charge in [0.25, 0.3) is 0 Å². The number of hydrogen-bond donors (Lipinski definition) is 2. The molecule has 11 heteroatoms. The minimum atomic E-state index is -1.37. The lowest BCUT2D eigenvalue weighted by atomic mass is 9.92. The number of alkyl halides is 1. The van der Waals surface area contributed by atoms with Gasteiger partial charge in [-0.2, -0.15) is 4.98 Å². The molecule has 0 spiro atoms. The van der Waals surface area contributed by atoms with Crippen molar-refractivity contribution >= 4 is 28.4 Å². The Morgan fingerprint density at radius 2 is 2.05 bits per heavy atom. The van der Waals surface area contributed by atoms with Gasteiger partial charge in [0.2, 0.25) is 5.95 Å². The average Bonchev–Trinajstić information content (AvgIpc) is 3.39. The standard InChI is InChI=1S/C26H31FN8O2/c1-17(2)18-4-5-21(37-13-12-35-11-9-30-33-35)20-15-29-24(14-19(18)20)31-23-6-8-28-25(32-23)34-10-7-26(3,36)22(27)16-34/h4-6,8-9,11,14-15,17,22,36H,7,10,12-13,16H2,1-3H3,(H,28,29,31,32)/t22-,26+/m1/s1. The smallest absolute Gasteiger partial charge is 0.227 e. The molecule has 194 valence electrons. The van der Waals surface area contributed by atoms with E-state index in [0.717, 1.165) is 16.5 Å². The van der Waals surface area contributed by atoms with Crippen LogP contribution in [0.3, 0.4) is 0 Å². The van der Waals surface area contributed by atoms with Crippen LogP contribution in [0.5, 0.6) is 5.75 Å². The van der Waals surface area contributed by atoms with Gasteiger partial charge in [-0.15, -0.1) is 5.10 Å². The first-order chi connectivity index (χ1) is 17.8. The Labute approximate surface area is 214 Å². The summed E-state index contributed by atoms with van der Waals surface area (Å²) in [7, 11) is 0. The van der Waals surface area contributed by atoms with Crippen LogP contribution >= 0.6 is 0 Å². The van der Waals surface area contributed by atoms with Crippen molar-refractivity contribution in [3.05, 3.63) is 54.6 Å². The second kappa shape index (κ2) is 10.3. The van der Waals surface area contributed by atoms with Gasteiger partial charge in [0.15, 0.2) is 0 Å². The summed E-state index contributed by atoms with van der Waals surface area (Å²) in [5.41, 5.74) is -0.143. The zero-order valence-electron chi connectivity index (χ0n) is 21.2. The first-order valence-corrected chi connectivity index (χ1v) is 12.4. The molecular formula is C26H31FN8O2. The van der Waals surface area contributed by atoms with Gasteiger partial charge in [0.1, 0.15) is 30.2 Å². The van der Waals surface area contributed by atoms with Crippen molar-refractivity contribution in [1.82, 2.24) is 29.9 Å². The molecule has 37 heavy (non-hydrogen) atoms. The van der Waals surface area contributed by atoms with Crippen molar-refractivity contribution in [3.8, 4) is 5.75 Å². The third-order valence-corrected chi connectivity index (χ3v) is 6.69. The molecule has 0 amide bonds. The highest BCUT2D eigenvalue weighted by atomic mass is 19.1. The van der Waals surface area contributed by atoms with E-state index in [1.165, 1.54) is 12.5 Å². The van der Waals surface area contributed by atoms with Crippen LogP contribution in [0.4, 0.5) is 22.0 Å². The highest BCUT2D eigenvalue weighted by molar-refractivity contribution is 5.92. The molecule has 3 aromatic heterocycles. The number of pyridine rings is 1. The molecule has 1 aliphatic rings. The van der Waals surface area contributed by atoms with E-state index in [2.05, 4.69) is 50.5 Å². The van der Waals surface area contributed by atoms with Crippen LogP contribution in [0.15, 0.2) is 49.1 Å². The van der Waals surface area contributed by atoms with Crippen LogP contribution in [0.2, 0.25) is 0 Å². The molecule has 1 fully saturated rings. The monoisotopic (exact) mass is 506 g/mol. The predicted molar refractivity (Wildman–Crippen MR) is 139 cm³/mol. The van der Waals surface area contributed by atoms with Gasteiger partial charge >= 0.3 is 0 Å². The molecular weight excluding hydrogens is 475 g/mol. The average molecular weight is 507 g/mol. The van der Waals surface area contributed by atoms with E-state index in [4.69, 9.17) is 4.74 Å². The Kier molecular flexibility index (Phi) is 6.88. The summed E-state index contributed by atoms with van der Waals surface area (Å²) < 4.78 is 22.2. The Balaban J connectivity index is 1.36. The zero-order valence-corrected chi connectivity index (χ0v) is 21.2. The number of rotatable bonds is 8. The summed E-state index contributed by atoms with van der Waals surface area (Å²) in [6, 6.07) is 7.81. The molecule has 0 aliphatic carbocycles. The Hall–Kier alpha value is -3.86. The number of piperidine rings is 1. The maximum Gasteiger partial charge on any atom is 0.227 e. The molecule has 2 N–H and O–H groups in total. The van der Waals surface area contributed by atoms with Crippen LogP contribution in [-0.4, -0.2) is 66.5 Å². The quantitative estimate of drug-likeness (QED) is 0.368. The maximum absolute atomic E-state index is 14.4. The summed E-state index contributed by atoms with van der Waals surface area (Å²) in [5, 5.41) is 23.1. The van der Waals surface area contributed by atoms with Crippen LogP contribution in [0.1, 0.15) is 38.7 Å². The van der Waals surface area contributed by atoms with Crippen molar-refractivity contribution in [3.63, 3.8) is 0 Å². The van der Waals surface area contributed by atoms with Crippen molar-refractivity contribution in [2.45, 2.75) is 51.4 Å². The fourth-order valence-corrected chi connectivity index (χ4v) is 4.42. The summed E-state index contributed by atoms with van der Waals surface area (Å²) in [4.78, 5) is 15.2. The molecule has 1 saturated heterocycles. The highest BCUT2D eigenvalue weighted by Crippen LogP contribution is 2.34. The molecule has 1 aliphatic heterocycles. The SMILES string of the molecule is CC(C)c1ccc(OCCn2ccnn2)c2cnc(Nc3ccnc(N4CC[C@](C)(O)[C@H](F)C4)n3)cc12. The van der Waals surface area contributed by atoms with E-state index in [-0.39, 0.29) is 6.54 Å². The predicted octanol–water partition coefficient (Wildman–Crippen LogP) is 3.86. The third-order valence-electron chi connectivity index (χ3n) is 6.69. The fourth-order valence-electron chi connectivity index (χ4n) is 4.42. The van der Waals surface area contributed by atoms with Crippen molar-refractivity contribution in [2.24, 2.45) is 0 Å². The highest BCUT2D eigenvalue weighted by Gasteiger charge is 2.38. The van der Waals surface area contributed by atoms with Gasteiger partial charge in [-0.05, 0) is 48.4 Å². The van der Waals surface area contributed by atoms with E-state index < -0.39 is 11.8 Å². The summed E-state index contributed by atoms with van der Waals surface area (Å²) >= 11 is 0. The van der Waals surface area contributed by atoms with Crippen molar-refractivity contribution in [1.29, 1.82) is 0 Å². The minimum absolute atomic E-state index is 0.0438. The number of ether oxygens (including phenoxy) is 1. The van der Waals surface area contributed by atoms with Gasteiger partial charge < -0.3 is 20.1 Å². The number of nitrogens with one attached hydrogen (secondary N) is 1. The van der Waals surface area contributed by atoms with Gasteiger partial charge in [-0.1, -0.05) is 25.1 Å². The number of halogens is 1. The number of aromatic nitrogens is 6. The second-order valence-corrected chi connectivity index (χ2v) is 9.82. The van der Waals surface area contributed by atoms with E-state index in [0.29, 0.717) is 49.6 Å². The Morgan fingerprint density at radius 1 is 1.19 bits per heavy atom. The number of aliphatic hydroxyl groups is 1. The van der Waals surface area contributed by atoms with Gasteiger partial charge in [0, 0.05) is 30.5 Å². The molecule has 2 atom stereocenters. The normalized spacial score (nSPS) is 19.9. The summed E-state index contributed by atoms with van der Waals surface area (Å²) in [5.74, 6) is 2.65. The lowest BCUT2D eigenvalue weighted by Crippen LogP contribution is -2.52. The molecule has 4 aromatic rings. The number of benzene rings is 1. The van der Waals surface area contributed by atoms with Gasteiger partial charge in [0.05, 0.1) is 24.9 Å². The Morgan fingerprint density at radius 3 is 2.81 bits per heavy atom. The van der Waals surface area contributed by atoms with Gasteiger partial charge in [-0.25, -0.2) is 19.0 Å². The second-order valence-electron chi connectivity index (χ2n) is 9.82. The van der Waals surface area contributed by atoms with E-state index in [1.807, 2.05) is 12.1 Å². The lowest BCUT2D eigenvalue weighted by Gasteiger charge is -2.38. The first-order valence-electron chi connectivity index (χ1n) is 12.4. The maximum atomic E-state index is 14.4. The summed E-state index contributed by atoms with van der Waals surface area (Å²) in [6.07, 6.45) is 5.81.